The number of halogens is 1. The maximum Gasteiger partial charge on any atom is 0.164 e. The summed E-state index contributed by atoms with van der Waals surface area (Å²) in [4.78, 5) is 12.6. The number of rotatable bonds is 4. The van der Waals surface area contributed by atoms with E-state index >= 15 is 0 Å². The lowest BCUT2D eigenvalue weighted by Crippen LogP contribution is -1.96. The van der Waals surface area contributed by atoms with E-state index in [1.165, 1.54) is 4.88 Å². The summed E-state index contributed by atoms with van der Waals surface area (Å²) in [7, 11) is 0. The number of aromatic nitrogens is 1. The molecule has 0 saturated heterocycles. The van der Waals surface area contributed by atoms with Crippen LogP contribution < -0.4 is 0 Å². The van der Waals surface area contributed by atoms with Crippen molar-refractivity contribution in [1.29, 1.82) is 0 Å². The van der Waals surface area contributed by atoms with Crippen molar-refractivity contribution in [1.82, 2.24) is 4.57 Å². The molecule has 16 heavy (non-hydrogen) atoms. The fraction of sp³-hybridized carbons (Fsp3) is 0.250. The molecule has 0 saturated carbocycles. The molecule has 0 amide bonds. The Bertz CT molecular complexity index is 501. The van der Waals surface area contributed by atoms with Gasteiger partial charge in [-0.15, -0.1) is 11.3 Å². The molecule has 0 radical (unpaired) electrons. The van der Waals surface area contributed by atoms with Gasteiger partial charge >= 0.3 is 0 Å². The summed E-state index contributed by atoms with van der Waals surface area (Å²) in [5, 5.41) is 0. The largest absolute Gasteiger partial charge is 0.348 e. The van der Waals surface area contributed by atoms with Gasteiger partial charge in [-0.1, -0.05) is 18.5 Å². The summed E-state index contributed by atoms with van der Waals surface area (Å²) in [5.41, 5.74) is 0.783. The van der Waals surface area contributed by atoms with E-state index < -0.39 is 0 Å². The Morgan fingerprint density at radius 2 is 2.25 bits per heavy atom. The zero-order chi connectivity index (χ0) is 11.5. The maximum atomic E-state index is 11.5. The standard InChI is InChI=1S/C12H12ClNOS/c1-2-11(15)9-5-6-14(7-9)8-10-3-4-12(13)16-10/h3-7H,2,8H2,1H3. The zero-order valence-electron chi connectivity index (χ0n) is 8.94. The molecule has 0 unspecified atom stereocenters. The van der Waals surface area contributed by atoms with Crippen LogP contribution >= 0.6 is 22.9 Å². The zero-order valence-corrected chi connectivity index (χ0v) is 10.5. The topological polar surface area (TPSA) is 22.0 Å². The molecule has 0 spiro atoms. The van der Waals surface area contributed by atoms with Gasteiger partial charge in [0.1, 0.15) is 0 Å². The van der Waals surface area contributed by atoms with Crippen LogP contribution in [0.4, 0.5) is 0 Å². The van der Waals surface area contributed by atoms with Gasteiger partial charge in [0, 0.05) is 29.3 Å². The van der Waals surface area contributed by atoms with Crippen LogP contribution in [0.25, 0.3) is 0 Å². The number of carbonyl (C=O) groups excluding carboxylic acids is 1. The number of ketones is 1. The number of hydrogen-bond acceptors (Lipinski definition) is 2. The molecule has 2 nitrogen and oxygen atoms in total. The van der Waals surface area contributed by atoms with Crippen molar-refractivity contribution in [3.05, 3.63) is 45.4 Å². The quantitative estimate of drug-likeness (QED) is 0.759. The Hall–Kier alpha value is -1.06. The van der Waals surface area contributed by atoms with Crippen molar-refractivity contribution >= 4 is 28.7 Å². The van der Waals surface area contributed by atoms with Crippen molar-refractivity contribution < 1.29 is 4.79 Å². The van der Waals surface area contributed by atoms with E-state index in [0.717, 1.165) is 16.4 Å². The summed E-state index contributed by atoms with van der Waals surface area (Å²) in [6.45, 7) is 2.65. The van der Waals surface area contributed by atoms with E-state index in [-0.39, 0.29) is 5.78 Å². The molecule has 2 aromatic heterocycles. The van der Waals surface area contributed by atoms with Gasteiger partial charge in [0.2, 0.25) is 0 Å². The van der Waals surface area contributed by atoms with Gasteiger partial charge in [-0.25, -0.2) is 0 Å². The lowest BCUT2D eigenvalue weighted by atomic mass is 10.2. The number of Topliss-reactive ketones (excluding diaryl/α,β-unsaturated/α-hetero) is 1. The van der Waals surface area contributed by atoms with Crippen LogP contribution in [-0.2, 0) is 6.54 Å². The number of thiophene rings is 1. The molecule has 4 heteroatoms. The van der Waals surface area contributed by atoms with Gasteiger partial charge in [0.05, 0.1) is 10.9 Å². The Balaban J connectivity index is 2.11. The fourth-order valence-electron chi connectivity index (χ4n) is 1.52. The van der Waals surface area contributed by atoms with Crippen molar-refractivity contribution in [3.8, 4) is 0 Å². The summed E-state index contributed by atoms with van der Waals surface area (Å²) >= 11 is 7.43. The van der Waals surface area contributed by atoms with Crippen LogP contribution in [0.3, 0.4) is 0 Å². The highest BCUT2D eigenvalue weighted by molar-refractivity contribution is 7.16. The monoisotopic (exact) mass is 253 g/mol. The van der Waals surface area contributed by atoms with Crippen LogP contribution in [-0.4, -0.2) is 10.4 Å². The number of carbonyl (C=O) groups is 1. The molecular formula is C12H12ClNOS. The summed E-state index contributed by atoms with van der Waals surface area (Å²) in [6.07, 6.45) is 4.37. The summed E-state index contributed by atoms with van der Waals surface area (Å²) in [6, 6.07) is 5.76. The Morgan fingerprint density at radius 1 is 1.44 bits per heavy atom. The lowest BCUT2D eigenvalue weighted by Gasteiger charge is -1.98. The Kier molecular flexibility index (Phi) is 3.46. The predicted molar refractivity (Wildman–Crippen MR) is 67.5 cm³/mol. The third kappa shape index (κ3) is 2.54. The average molecular weight is 254 g/mol. The molecule has 84 valence electrons. The van der Waals surface area contributed by atoms with Gasteiger partial charge in [0.25, 0.3) is 0 Å². The second kappa shape index (κ2) is 4.85. The van der Waals surface area contributed by atoms with E-state index in [1.54, 1.807) is 11.3 Å². The minimum Gasteiger partial charge on any atom is -0.348 e. The van der Waals surface area contributed by atoms with Crippen LogP contribution in [0.2, 0.25) is 4.34 Å². The number of hydrogen-bond donors (Lipinski definition) is 0. The van der Waals surface area contributed by atoms with Gasteiger partial charge in [-0.3, -0.25) is 4.79 Å². The molecule has 0 N–H and O–H groups in total. The third-order valence-corrected chi connectivity index (χ3v) is 3.58. The Morgan fingerprint density at radius 3 is 2.88 bits per heavy atom. The van der Waals surface area contributed by atoms with Gasteiger partial charge in [-0.2, -0.15) is 0 Å². The Labute approximate surface area is 103 Å². The highest BCUT2D eigenvalue weighted by Crippen LogP contribution is 2.22. The normalized spacial score (nSPS) is 10.6. The number of nitrogens with zero attached hydrogens (tertiary/aromatic N) is 1. The first-order chi connectivity index (χ1) is 7.69. The van der Waals surface area contributed by atoms with E-state index in [4.69, 9.17) is 11.6 Å². The SMILES string of the molecule is CCC(=O)c1ccn(Cc2ccc(Cl)s2)c1. The average Bonchev–Trinajstić information content (AvgIpc) is 2.87. The van der Waals surface area contributed by atoms with Gasteiger partial charge in [-0.05, 0) is 18.2 Å². The second-order valence-corrected chi connectivity index (χ2v) is 5.35. The first kappa shape index (κ1) is 11.4. The van der Waals surface area contributed by atoms with Crippen LogP contribution in [0, 0.1) is 0 Å². The summed E-state index contributed by atoms with van der Waals surface area (Å²) in [5.74, 6) is 0.183. The molecule has 0 atom stereocenters. The van der Waals surface area contributed by atoms with E-state index in [1.807, 2.05) is 42.1 Å². The second-order valence-electron chi connectivity index (χ2n) is 3.56. The highest BCUT2D eigenvalue weighted by Gasteiger charge is 2.05. The van der Waals surface area contributed by atoms with Crippen molar-refractivity contribution in [2.45, 2.75) is 19.9 Å². The molecule has 0 bridgehead atoms. The predicted octanol–water partition coefficient (Wildman–Crippen LogP) is 3.84. The van der Waals surface area contributed by atoms with Crippen molar-refractivity contribution in [2.75, 3.05) is 0 Å². The van der Waals surface area contributed by atoms with Gasteiger partial charge in [0.15, 0.2) is 5.78 Å². The molecule has 2 rings (SSSR count). The lowest BCUT2D eigenvalue weighted by molar-refractivity contribution is 0.0988. The third-order valence-electron chi connectivity index (χ3n) is 2.36. The van der Waals surface area contributed by atoms with E-state index in [0.29, 0.717) is 6.42 Å². The molecule has 0 fully saturated rings. The molecule has 0 aliphatic heterocycles. The first-order valence-corrected chi connectivity index (χ1v) is 6.31. The minimum atomic E-state index is 0.183. The van der Waals surface area contributed by atoms with E-state index in [9.17, 15) is 4.79 Å². The van der Waals surface area contributed by atoms with Gasteiger partial charge < -0.3 is 4.57 Å². The molecule has 0 aliphatic rings. The molecule has 0 aliphatic carbocycles. The molecule has 2 heterocycles. The van der Waals surface area contributed by atoms with Crippen LogP contribution in [0.1, 0.15) is 28.6 Å². The minimum absolute atomic E-state index is 0.183. The summed E-state index contributed by atoms with van der Waals surface area (Å²) < 4.78 is 2.80. The van der Waals surface area contributed by atoms with Crippen molar-refractivity contribution in [3.63, 3.8) is 0 Å². The molecule has 2 aromatic rings. The maximum absolute atomic E-state index is 11.5. The smallest absolute Gasteiger partial charge is 0.164 e. The first-order valence-electron chi connectivity index (χ1n) is 5.12. The van der Waals surface area contributed by atoms with Crippen molar-refractivity contribution in [2.24, 2.45) is 0 Å². The van der Waals surface area contributed by atoms with Crippen LogP contribution in [0.5, 0.6) is 0 Å². The fourth-order valence-corrected chi connectivity index (χ4v) is 2.62. The molecular weight excluding hydrogens is 242 g/mol. The molecule has 0 aromatic carbocycles. The van der Waals surface area contributed by atoms with E-state index in [2.05, 4.69) is 0 Å². The van der Waals surface area contributed by atoms with Crippen LogP contribution in [0.15, 0.2) is 30.6 Å². The highest BCUT2D eigenvalue weighted by atomic mass is 35.5.